The van der Waals surface area contributed by atoms with Crippen LogP contribution in [0.1, 0.15) is 68.8 Å². The van der Waals surface area contributed by atoms with Crippen LogP contribution in [0, 0.1) is 0 Å². The van der Waals surface area contributed by atoms with E-state index in [1.165, 1.54) is 0 Å². The highest BCUT2D eigenvalue weighted by molar-refractivity contribution is 5.95. The number of nitrogens with zero attached hydrogens (tertiary/aromatic N) is 3. The second kappa shape index (κ2) is 8.30. The van der Waals surface area contributed by atoms with E-state index in [-0.39, 0.29) is 22.7 Å². The number of hydrogen-bond acceptors (Lipinski definition) is 3. The zero-order valence-corrected chi connectivity index (χ0v) is 18.2. The molecule has 158 valence electrons. The van der Waals surface area contributed by atoms with Gasteiger partial charge >= 0.3 is 11.7 Å². The molecule has 0 saturated carbocycles. The molecule has 3 aromatic rings. The first-order chi connectivity index (χ1) is 14.1. The maximum atomic E-state index is 13.0. The Balaban J connectivity index is 1.98. The minimum absolute atomic E-state index is 0.0368. The molecule has 1 unspecified atom stereocenters. The third-order valence-corrected chi connectivity index (χ3v) is 5.33. The molecule has 6 nitrogen and oxygen atoms in total. The summed E-state index contributed by atoms with van der Waals surface area (Å²) in [6.07, 6.45) is 0.832. The van der Waals surface area contributed by atoms with E-state index < -0.39 is 5.97 Å². The van der Waals surface area contributed by atoms with Crippen LogP contribution in [0.5, 0.6) is 0 Å². The molecule has 1 atom stereocenters. The number of aromatic nitrogens is 3. The van der Waals surface area contributed by atoms with Crippen molar-refractivity contribution in [2.45, 2.75) is 59.0 Å². The van der Waals surface area contributed by atoms with Crippen LogP contribution in [0.2, 0.25) is 0 Å². The molecular weight excluding hydrogens is 378 g/mol. The standard InChI is InChI=1S/C24H29N3O3/c1-6-16(2)27-23(30)26(22(25-27)24(3,4)5)15-17-11-13-18(14-12-17)19-9-7-8-10-20(19)21(28)29/h7-14,16H,6,15H2,1-5H3,(H,28,29). The number of aromatic carboxylic acids is 1. The molecule has 0 spiro atoms. The summed E-state index contributed by atoms with van der Waals surface area (Å²) in [6, 6.07) is 14.7. The van der Waals surface area contributed by atoms with Gasteiger partial charge in [-0.3, -0.25) is 4.57 Å². The third kappa shape index (κ3) is 4.22. The van der Waals surface area contributed by atoms with Crippen molar-refractivity contribution in [1.82, 2.24) is 14.3 Å². The van der Waals surface area contributed by atoms with Crippen LogP contribution in [0.15, 0.2) is 53.3 Å². The first-order valence-electron chi connectivity index (χ1n) is 10.2. The highest BCUT2D eigenvalue weighted by Gasteiger charge is 2.26. The van der Waals surface area contributed by atoms with E-state index in [2.05, 4.69) is 25.9 Å². The van der Waals surface area contributed by atoms with Gasteiger partial charge in [0.05, 0.1) is 18.2 Å². The molecule has 6 heteroatoms. The second-order valence-electron chi connectivity index (χ2n) is 8.69. The highest BCUT2D eigenvalue weighted by Crippen LogP contribution is 2.25. The summed E-state index contributed by atoms with van der Waals surface area (Å²) >= 11 is 0. The van der Waals surface area contributed by atoms with Crippen molar-refractivity contribution in [2.24, 2.45) is 0 Å². The molecule has 0 radical (unpaired) electrons. The molecule has 1 N–H and O–H groups in total. The third-order valence-electron chi connectivity index (χ3n) is 5.33. The first-order valence-corrected chi connectivity index (χ1v) is 10.2. The van der Waals surface area contributed by atoms with Gasteiger partial charge < -0.3 is 5.11 Å². The van der Waals surface area contributed by atoms with Gasteiger partial charge in [0.15, 0.2) is 0 Å². The molecule has 30 heavy (non-hydrogen) atoms. The number of benzene rings is 2. The van der Waals surface area contributed by atoms with Gasteiger partial charge in [0, 0.05) is 5.41 Å². The Morgan fingerprint density at radius 3 is 2.30 bits per heavy atom. The fourth-order valence-electron chi connectivity index (χ4n) is 3.46. The Bertz CT molecular complexity index is 1100. The van der Waals surface area contributed by atoms with Crippen LogP contribution in [0.4, 0.5) is 0 Å². The Kier molecular flexibility index (Phi) is 5.97. The van der Waals surface area contributed by atoms with E-state index >= 15 is 0 Å². The molecule has 1 aromatic heterocycles. The molecule has 1 heterocycles. The van der Waals surface area contributed by atoms with Crippen molar-refractivity contribution in [3.05, 3.63) is 76.0 Å². The smallest absolute Gasteiger partial charge is 0.346 e. The first kappa shape index (κ1) is 21.6. The quantitative estimate of drug-likeness (QED) is 0.641. The van der Waals surface area contributed by atoms with Gasteiger partial charge in [-0.25, -0.2) is 14.3 Å². The van der Waals surface area contributed by atoms with Gasteiger partial charge in [-0.2, -0.15) is 5.10 Å². The minimum Gasteiger partial charge on any atom is -0.478 e. The summed E-state index contributed by atoms with van der Waals surface area (Å²) in [7, 11) is 0. The molecular formula is C24H29N3O3. The van der Waals surface area contributed by atoms with Gasteiger partial charge in [0.25, 0.3) is 0 Å². The average molecular weight is 408 g/mol. The maximum Gasteiger partial charge on any atom is 0.346 e. The normalized spacial score (nSPS) is 12.7. The lowest BCUT2D eigenvalue weighted by Crippen LogP contribution is -2.29. The van der Waals surface area contributed by atoms with E-state index in [4.69, 9.17) is 0 Å². The van der Waals surface area contributed by atoms with E-state index in [1.807, 2.05) is 44.2 Å². The fraction of sp³-hybridized carbons (Fsp3) is 0.375. The molecule has 0 aliphatic rings. The second-order valence-corrected chi connectivity index (χ2v) is 8.69. The van der Waals surface area contributed by atoms with Crippen LogP contribution < -0.4 is 5.69 Å². The van der Waals surface area contributed by atoms with E-state index in [0.29, 0.717) is 12.1 Å². The van der Waals surface area contributed by atoms with Crippen LogP contribution >= 0.6 is 0 Å². The van der Waals surface area contributed by atoms with Crippen molar-refractivity contribution >= 4 is 5.97 Å². The summed E-state index contributed by atoms with van der Waals surface area (Å²) in [6.45, 7) is 10.6. The number of carbonyl (C=O) groups is 1. The molecule has 0 bridgehead atoms. The molecule has 2 aromatic carbocycles. The zero-order chi connectivity index (χ0) is 22.1. The summed E-state index contributed by atoms with van der Waals surface area (Å²) < 4.78 is 3.32. The monoisotopic (exact) mass is 407 g/mol. The summed E-state index contributed by atoms with van der Waals surface area (Å²) in [5.41, 5.74) is 2.37. The Morgan fingerprint density at radius 2 is 1.73 bits per heavy atom. The van der Waals surface area contributed by atoms with Crippen molar-refractivity contribution in [3.8, 4) is 11.1 Å². The average Bonchev–Trinajstić information content (AvgIpc) is 3.04. The van der Waals surface area contributed by atoms with Crippen LogP contribution in [-0.2, 0) is 12.0 Å². The molecule has 3 rings (SSSR count). The van der Waals surface area contributed by atoms with Crippen molar-refractivity contribution in [2.75, 3.05) is 0 Å². The predicted octanol–water partition coefficient (Wildman–Crippen LogP) is 4.73. The van der Waals surface area contributed by atoms with E-state index in [1.54, 1.807) is 27.4 Å². The molecule has 0 saturated heterocycles. The van der Waals surface area contributed by atoms with Crippen molar-refractivity contribution in [1.29, 1.82) is 0 Å². The lowest BCUT2D eigenvalue weighted by molar-refractivity contribution is 0.0697. The predicted molar refractivity (Wildman–Crippen MR) is 118 cm³/mol. The Labute approximate surface area is 176 Å². The topological polar surface area (TPSA) is 77.1 Å². The van der Waals surface area contributed by atoms with Gasteiger partial charge in [0.2, 0.25) is 0 Å². The number of carboxylic acid groups (broad SMARTS) is 1. The number of carboxylic acids is 1. The molecule has 0 aliphatic carbocycles. The van der Waals surface area contributed by atoms with Gasteiger partial charge in [-0.15, -0.1) is 0 Å². The largest absolute Gasteiger partial charge is 0.478 e. The van der Waals surface area contributed by atoms with E-state index in [0.717, 1.165) is 23.4 Å². The lowest BCUT2D eigenvalue weighted by Gasteiger charge is -2.18. The van der Waals surface area contributed by atoms with Gasteiger partial charge in [-0.1, -0.05) is 70.2 Å². The van der Waals surface area contributed by atoms with Crippen LogP contribution in [0.3, 0.4) is 0 Å². The molecule has 0 fully saturated rings. The number of hydrogen-bond donors (Lipinski definition) is 1. The summed E-state index contributed by atoms with van der Waals surface area (Å²) in [5, 5.41) is 14.1. The zero-order valence-electron chi connectivity index (χ0n) is 18.2. The van der Waals surface area contributed by atoms with Crippen molar-refractivity contribution < 1.29 is 9.90 Å². The summed E-state index contributed by atoms with van der Waals surface area (Å²) in [4.78, 5) is 24.6. The minimum atomic E-state index is -0.950. The van der Waals surface area contributed by atoms with Gasteiger partial charge in [-0.05, 0) is 36.1 Å². The van der Waals surface area contributed by atoms with Crippen LogP contribution in [0.25, 0.3) is 11.1 Å². The summed E-state index contributed by atoms with van der Waals surface area (Å²) in [5.74, 6) is -0.193. The lowest BCUT2D eigenvalue weighted by atomic mass is 9.95. The van der Waals surface area contributed by atoms with Crippen molar-refractivity contribution in [3.63, 3.8) is 0 Å². The van der Waals surface area contributed by atoms with Gasteiger partial charge in [0.1, 0.15) is 5.82 Å². The fourth-order valence-corrected chi connectivity index (χ4v) is 3.46. The van der Waals surface area contributed by atoms with E-state index in [9.17, 15) is 14.7 Å². The number of rotatable bonds is 6. The highest BCUT2D eigenvalue weighted by atomic mass is 16.4. The Morgan fingerprint density at radius 1 is 1.10 bits per heavy atom. The van der Waals surface area contributed by atoms with Crippen LogP contribution in [-0.4, -0.2) is 25.4 Å². The maximum absolute atomic E-state index is 13.0. The Hall–Kier alpha value is -3.15. The molecule has 0 amide bonds. The SMILES string of the molecule is CCC(C)n1nc(C(C)(C)C)n(Cc2ccc(-c3ccccc3C(=O)O)cc2)c1=O. The molecule has 0 aliphatic heterocycles.